The van der Waals surface area contributed by atoms with E-state index in [1.54, 1.807) is 0 Å². The van der Waals surface area contributed by atoms with E-state index in [4.69, 9.17) is 4.42 Å². The summed E-state index contributed by atoms with van der Waals surface area (Å²) in [7, 11) is -2.60. The molecule has 0 unspecified atom stereocenters. The van der Waals surface area contributed by atoms with E-state index >= 15 is 0 Å². The minimum absolute atomic E-state index is 0.872. The van der Waals surface area contributed by atoms with E-state index in [2.05, 4.69) is 241 Å². The fraction of sp³-hybridized carbons (Fsp3) is 0. The average Bonchev–Trinajstić information content (AvgIpc) is 3.70. The summed E-state index contributed by atoms with van der Waals surface area (Å²) in [6, 6.07) is 86.3. The summed E-state index contributed by atoms with van der Waals surface area (Å²) in [6.07, 6.45) is 0. The van der Waals surface area contributed by atoms with E-state index in [1.807, 2.05) is 0 Å². The molecule has 1 aromatic heterocycles. The summed E-state index contributed by atoms with van der Waals surface area (Å²) in [4.78, 5) is 2.36. The Morgan fingerprint density at radius 2 is 0.797 bits per heavy atom. The maximum Gasteiger partial charge on any atom is 0.179 e. The van der Waals surface area contributed by atoms with Crippen LogP contribution < -0.4 is 25.6 Å². The highest BCUT2D eigenvalue weighted by Crippen LogP contribution is 2.42. The van der Waals surface area contributed by atoms with Crippen molar-refractivity contribution in [1.29, 1.82) is 0 Å². The van der Waals surface area contributed by atoms with Crippen LogP contribution in [0.5, 0.6) is 0 Å². The first kappa shape index (κ1) is 34.8. The second-order valence-electron chi connectivity index (χ2n) is 15.3. The number of rotatable bonds is 8. The van der Waals surface area contributed by atoms with Gasteiger partial charge in [0, 0.05) is 39.0 Å². The lowest BCUT2D eigenvalue weighted by Gasteiger charge is -2.34. The lowest BCUT2D eigenvalue weighted by Crippen LogP contribution is -2.74. The molecule has 2 nitrogen and oxygen atoms in total. The van der Waals surface area contributed by atoms with Gasteiger partial charge < -0.3 is 9.32 Å². The van der Waals surface area contributed by atoms with Gasteiger partial charge in [0.25, 0.3) is 0 Å². The van der Waals surface area contributed by atoms with E-state index < -0.39 is 8.07 Å². The Morgan fingerprint density at radius 1 is 0.322 bits per heavy atom. The average molecular weight is 770 g/mol. The van der Waals surface area contributed by atoms with Gasteiger partial charge in [0.05, 0.1) is 5.69 Å². The molecule has 0 aliphatic heterocycles. The van der Waals surface area contributed by atoms with Gasteiger partial charge in [-0.2, -0.15) is 0 Å². The molecule has 0 amide bonds. The molecule has 278 valence electrons. The van der Waals surface area contributed by atoms with Crippen molar-refractivity contribution in [1.82, 2.24) is 0 Å². The summed E-state index contributed by atoms with van der Waals surface area (Å²) in [5.41, 5.74) is 7.39. The molecule has 0 spiro atoms. The van der Waals surface area contributed by atoms with Crippen LogP contribution in [0.3, 0.4) is 0 Å². The summed E-state index contributed by atoms with van der Waals surface area (Å²) in [6.45, 7) is 0. The minimum atomic E-state index is -2.60. The van der Waals surface area contributed by atoms with Crippen molar-refractivity contribution in [3.63, 3.8) is 0 Å². The third-order valence-electron chi connectivity index (χ3n) is 12.0. The molecule has 0 saturated heterocycles. The first-order valence-corrected chi connectivity index (χ1v) is 22.3. The predicted molar refractivity (Wildman–Crippen MR) is 252 cm³/mol. The number of nitrogens with zero attached hydrogens (tertiary/aromatic N) is 1. The van der Waals surface area contributed by atoms with Gasteiger partial charge in [0.2, 0.25) is 0 Å². The SMILES string of the molecule is c1ccc([Si](c2ccccc2)(c2ccccc2)c2ccc(-c3ccc(N(c4ccc5c(c4)oc4c6ccccc6ccc54)c4cccc5ccccc45)cc3)cc2)cc1. The maximum atomic E-state index is 6.69. The Hall–Kier alpha value is -7.46. The molecule has 0 aliphatic rings. The first-order valence-electron chi connectivity index (χ1n) is 20.3. The number of hydrogen-bond donors (Lipinski definition) is 0. The molecule has 0 saturated carbocycles. The van der Waals surface area contributed by atoms with Gasteiger partial charge >= 0.3 is 0 Å². The normalized spacial score (nSPS) is 11.7. The Morgan fingerprint density at radius 3 is 1.42 bits per heavy atom. The summed E-state index contributed by atoms with van der Waals surface area (Å²) >= 11 is 0. The van der Waals surface area contributed by atoms with Crippen LogP contribution in [0.2, 0.25) is 0 Å². The molecule has 0 aliphatic carbocycles. The Bertz CT molecular complexity index is 3150. The van der Waals surface area contributed by atoms with Crippen LogP contribution in [0.15, 0.2) is 241 Å². The molecule has 0 atom stereocenters. The van der Waals surface area contributed by atoms with Gasteiger partial charge in [-0.05, 0) is 79.0 Å². The Balaban J connectivity index is 1.02. The second kappa shape index (κ2) is 14.5. The van der Waals surface area contributed by atoms with Crippen LogP contribution in [0, 0.1) is 0 Å². The number of anilines is 3. The van der Waals surface area contributed by atoms with Crippen molar-refractivity contribution in [3.8, 4) is 11.1 Å². The zero-order valence-corrected chi connectivity index (χ0v) is 33.4. The van der Waals surface area contributed by atoms with E-state index in [0.717, 1.165) is 44.4 Å². The predicted octanol–water partition coefficient (Wildman–Crippen LogP) is 12.4. The van der Waals surface area contributed by atoms with E-state index in [-0.39, 0.29) is 0 Å². The quantitative estimate of drug-likeness (QED) is 0.113. The molecule has 0 fully saturated rings. The summed E-state index contributed by atoms with van der Waals surface area (Å²) in [5.74, 6) is 0. The molecule has 11 rings (SSSR count). The van der Waals surface area contributed by atoms with Gasteiger partial charge in [-0.3, -0.25) is 0 Å². The van der Waals surface area contributed by atoms with Crippen LogP contribution in [-0.4, -0.2) is 8.07 Å². The number of hydrogen-bond acceptors (Lipinski definition) is 2. The highest BCUT2D eigenvalue weighted by molar-refractivity contribution is 7.19. The Kier molecular flexibility index (Phi) is 8.53. The van der Waals surface area contributed by atoms with Gasteiger partial charge in [-0.1, -0.05) is 194 Å². The van der Waals surface area contributed by atoms with Gasteiger partial charge in [-0.25, -0.2) is 0 Å². The summed E-state index contributed by atoms with van der Waals surface area (Å²) < 4.78 is 6.69. The van der Waals surface area contributed by atoms with E-state index in [0.29, 0.717) is 0 Å². The molecular weight excluding hydrogens is 731 g/mol. The van der Waals surface area contributed by atoms with Gasteiger partial charge in [-0.15, -0.1) is 0 Å². The largest absolute Gasteiger partial charge is 0.455 e. The van der Waals surface area contributed by atoms with Crippen molar-refractivity contribution in [2.75, 3.05) is 4.90 Å². The lowest BCUT2D eigenvalue weighted by molar-refractivity contribution is 0.672. The van der Waals surface area contributed by atoms with Crippen LogP contribution in [-0.2, 0) is 0 Å². The third kappa shape index (κ3) is 5.86. The molecular formula is C56H39NOSi. The third-order valence-corrected chi connectivity index (χ3v) is 16.8. The fourth-order valence-corrected chi connectivity index (χ4v) is 14.0. The van der Waals surface area contributed by atoms with Gasteiger partial charge in [0.1, 0.15) is 11.2 Å². The van der Waals surface area contributed by atoms with Crippen LogP contribution >= 0.6 is 0 Å². The molecule has 10 aromatic carbocycles. The zero-order valence-electron chi connectivity index (χ0n) is 32.4. The number of furan rings is 1. The zero-order chi connectivity index (χ0) is 39.2. The Labute approximate surface area is 344 Å². The standard InChI is InChI=1S/C56H39NOSi/c1-4-18-46(19-5-1)59(47-20-6-2-7-21-47,48-22-8-3-9-23-48)49-35-29-41(30-36-49)40-27-32-44(33-28-40)57(54-26-14-17-42-15-10-12-24-50(42)54)45-34-38-52-53-37-31-43-16-11-13-25-51(43)56(53)58-55(52)39-45/h1-39H. The number of benzene rings is 10. The van der Waals surface area contributed by atoms with Crippen molar-refractivity contribution < 1.29 is 4.42 Å². The molecule has 11 aromatic rings. The lowest BCUT2D eigenvalue weighted by atomic mass is 10.0. The van der Waals surface area contributed by atoms with Gasteiger partial charge in [0.15, 0.2) is 8.07 Å². The van der Waals surface area contributed by atoms with Crippen LogP contribution in [0.1, 0.15) is 0 Å². The first-order chi connectivity index (χ1) is 29.3. The molecule has 0 bridgehead atoms. The monoisotopic (exact) mass is 769 g/mol. The van der Waals surface area contributed by atoms with Crippen molar-refractivity contribution in [3.05, 3.63) is 237 Å². The highest BCUT2D eigenvalue weighted by Gasteiger charge is 2.41. The smallest absolute Gasteiger partial charge is 0.179 e. The molecule has 0 N–H and O–H groups in total. The molecule has 0 radical (unpaired) electrons. The summed E-state index contributed by atoms with van der Waals surface area (Å²) in [5, 5.41) is 12.4. The van der Waals surface area contributed by atoms with Crippen LogP contribution in [0.4, 0.5) is 17.1 Å². The van der Waals surface area contributed by atoms with E-state index in [9.17, 15) is 0 Å². The minimum Gasteiger partial charge on any atom is -0.455 e. The molecule has 3 heteroatoms. The topological polar surface area (TPSA) is 16.4 Å². The molecule has 59 heavy (non-hydrogen) atoms. The number of fused-ring (bicyclic) bond motifs is 6. The van der Waals surface area contributed by atoms with Crippen molar-refractivity contribution in [2.24, 2.45) is 0 Å². The van der Waals surface area contributed by atoms with E-state index in [1.165, 1.54) is 48.0 Å². The second-order valence-corrected chi connectivity index (χ2v) is 19.1. The van der Waals surface area contributed by atoms with Crippen molar-refractivity contribution in [2.45, 2.75) is 0 Å². The van der Waals surface area contributed by atoms with Crippen molar-refractivity contribution >= 4 is 89.4 Å². The molecule has 1 heterocycles. The maximum absolute atomic E-state index is 6.69. The fourth-order valence-electron chi connectivity index (χ4n) is 9.24. The highest BCUT2D eigenvalue weighted by atomic mass is 28.3. The van der Waals surface area contributed by atoms with Crippen LogP contribution in [0.25, 0.3) is 54.6 Å².